The molecule has 1 aromatic heterocycles. The Morgan fingerprint density at radius 3 is 2.38 bits per heavy atom. The van der Waals surface area contributed by atoms with Gasteiger partial charge in [-0.2, -0.15) is 0 Å². The molecular weight excluding hydrogens is 380 g/mol. The topological polar surface area (TPSA) is 59.1 Å². The van der Waals surface area contributed by atoms with Gasteiger partial charge in [0, 0.05) is 11.6 Å². The molecule has 0 saturated carbocycles. The summed E-state index contributed by atoms with van der Waals surface area (Å²) in [5.41, 5.74) is 2.04. The molecule has 3 rings (SSSR count). The van der Waals surface area contributed by atoms with E-state index in [4.69, 9.17) is 0 Å². The molecule has 0 fully saturated rings. The molecule has 5 heteroatoms. The number of pyridine rings is 1. The Bertz CT molecular complexity index is 1030. The summed E-state index contributed by atoms with van der Waals surface area (Å²) in [5, 5.41) is 0.907. The van der Waals surface area contributed by atoms with Crippen molar-refractivity contribution in [3.8, 4) is 0 Å². The average molecular weight is 411 g/mol. The van der Waals surface area contributed by atoms with E-state index in [1.807, 2.05) is 36.4 Å². The molecule has 2 aromatic carbocycles. The molecule has 0 bridgehead atoms. The van der Waals surface area contributed by atoms with Gasteiger partial charge in [0.2, 0.25) is 0 Å². The number of hydrogen-bond donors (Lipinski definition) is 1. The van der Waals surface area contributed by atoms with Crippen LogP contribution in [-0.2, 0) is 16.4 Å². The normalized spacial score (nSPS) is 11.6. The van der Waals surface area contributed by atoms with Crippen LogP contribution >= 0.6 is 0 Å². The maximum Gasteiger partial charge on any atom is 0.262 e. The van der Waals surface area contributed by atoms with E-state index in [9.17, 15) is 8.42 Å². The van der Waals surface area contributed by atoms with E-state index >= 15 is 0 Å². The van der Waals surface area contributed by atoms with E-state index in [0.717, 1.165) is 30.2 Å². The Hall–Kier alpha value is -2.40. The van der Waals surface area contributed by atoms with E-state index in [1.54, 1.807) is 24.4 Å². The molecule has 0 amide bonds. The first-order chi connectivity index (χ1) is 14.1. The highest BCUT2D eigenvalue weighted by Crippen LogP contribution is 2.26. The van der Waals surface area contributed by atoms with E-state index in [-0.39, 0.29) is 0 Å². The summed E-state index contributed by atoms with van der Waals surface area (Å²) in [5.74, 6) is 0. The van der Waals surface area contributed by atoms with Gasteiger partial charge in [0.15, 0.2) is 0 Å². The van der Waals surface area contributed by atoms with Gasteiger partial charge in [-0.1, -0.05) is 81.8 Å². The Labute approximate surface area is 174 Å². The number of fused-ring (bicyclic) bond motifs is 1. The van der Waals surface area contributed by atoms with Crippen LogP contribution in [0.25, 0.3) is 10.9 Å². The number of para-hydroxylation sites is 1. The van der Waals surface area contributed by atoms with Crippen molar-refractivity contribution in [3.63, 3.8) is 0 Å². The van der Waals surface area contributed by atoms with Crippen molar-refractivity contribution in [1.82, 2.24) is 4.98 Å². The van der Waals surface area contributed by atoms with Crippen LogP contribution in [0.3, 0.4) is 0 Å². The summed E-state index contributed by atoms with van der Waals surface area (Å²) in [7, 11) is -3.68. The van der Waals surface area contributed by atoms with Gasteiger partial charge >= 0.3 is 0 Å². The zero-order valence-electron chi connectivity index (χ0n) is 17.1. The Kier molecular flexibility index (Phi) is 7.64. The van der Waals surface area contributed by atoms with Crippen LogP contribution in [0.15, 0.2) is 65.7 Å². The number of aromatic nitrogens is 1. The number of unbranched alkanes of at least 4 members (excludes halogenated alkanes) is 6. The Balaban J connectivity index is 1.71. The third-order valence-corrected chi connectivity index (χ3v) is 6.65. The Morgan fingerprint density at radius 1 is 0.828 bits per heavy atom. The van der Waals surface area contributed by atoms with Crippen molar-refractivity contribution in [2.75, 3.05) is 4.72 Å². The maximum atomic E-state index is 13.1. The van der Waals surface area contributed by atoms with Gasteiger partial charge in [-0.15, -0.1) is 0 Å². The van der Waals surface area contributed by atoms with Gasteiger partial charge in [-0.05, 0) is 36.6 Å². The number of sulfonamides is 1. The van der Waals surface area contributed by atoms with Crippen LogP contribution in [-0.4, -0.2) is 13.4 Å². The number of benzene rings is 2. The van der Waals surface area contributed by atoms with Crippen LogP contribution in [0.2, 0.25) is 0 Å². The molecule has 29 heavy (non-hydrogen) atoms. The summed E-state index contributed by atoms with van der Waals surface area (Å²) in [4.78, 5) is 4.71. The molecule has 1 heterocycles. The monoisotopic (exact) mass is 410 g/mol. The second-order valence-electron chi connectivity index (χ2n) is 7.47. The average Bonchev–Trinajstić information content (AvgIpc) is 2.73. The van der Waals surface area contributed by atoms with Crippen LogP contribution in [0.5, 0.6) is 0 Å². The number of aryl methyl sites for hydroxylation is 1. The largest absolute Gasteiger partial charge is 0.277 e. The summed E-state index contributed by atoms with van der Waals surface area (Å²) < 4.78 is 29.0. The summed E-state index contributed by atoms with van der Waals surface area (Å²) in [6.45, 7) is 2.22. The molecule has 0 atom stereocenters. The van der Waals surface area contributed by atoms with Gasteiger partial charge in [-0.3, -0.25) is 9.71 Å². The highest BCUT2D eigenvalue weighted by Gasteiger charge is 2.19. The van der Waals surface area contributed by atoms with Crippen molar-refractivity contribution < 1.29 is 8.42 Å². The van der Waals surface area contributed by atoms with E-state index < -0.39 is 10.0 Å². The van der Waals surface area contributed by atoms with Gasteiger partial charge in [0.1, 0.15) is 0 Å². The lowest BCUT2D eigenvalue weighted by molar-refractivity contribution is 0.585. The predicted molar refractivity (Wildman–Crippen MR) is 121 cm³/mol. The van der Waals surface area contributed by atoms with E-state index in [2.05, 4.69) is 16.6 Å². The lowest BCUT2D eigenvalue weighted by Gasteiger charge is -2.13. The number of anilines is 1. The first-order valence-corrected chi connectivity index (χ1v) is 12.0. The van der Waals surface area contributed by atoms with Gasteiger partial charge in [0.05, 0.1) is 16.1 Å². The second kappa shape index (κ2) is 10.4. The number of rotatable bonds is 11. The smallest absolute Gasteiger partial charge is 0.262 e. The zero-order chi connectivity index (χ0) is 20.5. The SMILES string of the molecule is CCCCCCCCCc1ccccc1S(=O)(=O)Nc1cccc2cccnc12. The molecule has 0 radical (unpaired) electrons. The summed E-state index contributed by atoms with van der Waals surface area (Å²) in [6.07, 6.45) is 10.9. The van der Waals surface area contributed by atoms with Crippen LogP contribution in [0.4, 0.5) is 5.69 Å². The van der Waals surface area contributed by atoms with Crippen molar-refractivity contribution in [2.24, 2.45) is 0 Å². The second-order valence-corrected chi connectivity index (χ2v) is 9.12. The van der Waals surface area contributed by atoms with Gasteiger partial charge < -0.3 is 0 Å². The van der Waals surface area contributed by atoms with Crippen LogP contribution in [0.1, 0.15) is 57.4 Å². The first-order valence-electron chi connectivity index (χ1n) is 10.6. The minimum absolute atomic E-state index is 0.360. The molecule has 0 unspecified atom stereocenters. The molecule has 0 aliphatic heterocycles. The lowest BCUT2D eigenvalue weighted by atomic mass is 10.0. The molecule has 0 saturated heterocycles. The van der Waals surface area contributed by atoms with Crippen LogP contribution < -0.4 is 4.72 Å². The minimum atomic E-state index is -3.68. The number of nitrogens with zero attached hydrogens (tertiary/aromatic N) is 1. The molecule has 0 spiro atoms. The molecule has 4 nitrogen and oxygen atoms in total. The van der Waals surface area contributed by atoms with Crippen molar-refractivity contribution in [2.45, 2.75) is 63.2 Å². The van der Waals surface area contributed by atoms with Crippen molar-refractivity contribution in [1.29, 1.82) is 0 Å². The molecular formula is C24H30N2O2S. The molecule has 154 valence electrons. The zero-order valence-corrected chi connectivity index (χ0v) is 17.9. The van der Waals surface area contributed by atoms with Crippen molar-refractivity contribution >= 4 is 26.6 Å². The fraction of sp³-hybridized carbons (Fsp3) is 0.375. The van der Waals surface area contributed by atoms with E-state index in [0.29, 0.717) is 16.1 Å². The van der Waals surface area contributed by atoms with Gasteiger partial charge in [0.25, 0.3) is 10.0 Å². The first kappa shape index (κ1) is 21.3. The van der Waals surface area contributed by atoms with Gasteiger partial charge in [-0.25, -0.2) is 8.42 Å². The molecule has 0 aliphatic rings. The molecule has 3 aromatic rings. The molecule has 0 aliphatic carbocycles. The summed E-state index contributed by atoms with van der Waals surface area (Å²) >= 11 is 0. The fourth-order valence-electron chi connectivity index (χ4n) is 3.63. The highest BCUT2D eigenvalue weighted by atomic mass is 32.2. The lowest BCUT2D eigenvalue weighted by Crippen LogP contribution is -2.15. The Morgan fingerprint density at radius 2 is 1.55 bits per heavy atom. The quantitative estimate of drug-likeness (QED) is 0.376. The number of nitrogens with one attached hydrogen (secondary N) is 1. The molecule has 1 N–H and O–H groups in total. The summed E-state index contributed by atoms with van der Waals surface area (Å²) in [6, 6.07) is 16.6. The number of hydrogen-bond acceptors (Lipinski definition) is 3. The fourth-order valence-corrected chi connectivity index (χ4v) is 4.97. The maximum absolute atomic E-state index is 13.1. The third kappa shape index (κ3) is 5.80. The van der Waals surface area contributed by atoms with Crippen LogP contribution in [0, 0.1) is 0 Å². The van der Waals surface area contributed by atoms with Crippen molar-refractivity contribution in [3.05, 3.63) is 66.4 Å². The highest BCUT2D eigenvalue weighted by molar-refractivity contribution is 7.92. The minimum Gasteiger partial charge on any atom is -0.277 e. The standard InChI is InChI=1S/C24H30N2O2S/c1-2-3-4-5-6-7-8-13-20-14-9-10-18-23(20)29(27,28)26-22-17-11-15-21-16-12-19-25-24(21)22/h9-12,14-19,26H,2-8,13H2,1H3. The third-order valence-electron chi connectivity index (χ3n) is 5.19. The predicted octanol–water partition coefficient (Wildman–Crippen LogP) is 6.33. The van der Waals surface area contributed by atoms with E-state index in [1.165, 1.54) is 32.1 Å².